The van der Waals surface area contributed by atoms with Crippen LogP contribution in [0.25, 0.3) is 0 Å². The zero-order valence-corrected chi connectivity index (χ0v) is 22.2. The minimum Gasteiger partial charge on any atom is -0.493 e. The van der Waals surface area contributed by atoms with Gasteiger partial charge in [-0.3, -0.25) is 4.90 Å². The standard InChI is InChI=1S/C32H39NO4/c1-34-25-11-10-23-16-26-30-12-13-32(35-2,24(17-30)20-36-19-22-6-4-3-5-7-22)29-31(30,27(23)28(25)37-29)14-15-33(26)18-21-8-9-21/h3-7,10-11,21,24,26,29H,8-9,12-20H2,1-2H3/t24-,26-,29-,30?,31?,32-/m1/s1. The molecule has 0 amide bonds. The monoisotopic (exact) mass is 501 g/mol. The molecule has 5 aliphatic carbocycles. The van der Waals surface area contributed by atoms with Gasteiger partial charge >= 0.3 is 0 Å². The lowest BCUT2D eigenvalue weighted by Gasteiger charge is -2.74. The lowest BCUT2D eigenvalue weighted by atomic mass is 9.35. The Balaban J connectivity index is 1.22. The summed E-state index contributed by atoms with van der Waals surface area (Å²) in [5.41, 5.74) is 4.08. The van der Waals surface area contributed by atoms with Gasteiger partial charge in [0, 0.05) is 42.0 Å². The van der Waals surface area contributed by atoms with Crippen molar-refractivity contribution in [1.82, 2.24) is 4.90 Å². The SMILES string of the molecule is COc1ccc2c3c1O[C@@H]1C34CCN(CC3CC3)[C@H](C2)C42CC[C@@]1(OC)[C@@H](COCc1ccccc1)C2. The van der Waals surface area contributed by atoms with Gasteiger partial charge in [-0.1, -0.05) is 36.4 Å². The Labute approximate surface area is 220 Å². The molecule has 2 unspecified atom stereocenters. The van der Waals surface area contributed by atoms with Crippen LogP contribution in [0.5, 0.6) is 11.5 Å². The van der Waals surface area contributed by atoms with E-state index in [4.69, 9.17) is 18.9 Å². The van der Waals surface area contributed by atoms with Crippen LogP contribution in [0.4, 0.5) is 0 Å². The van der Waals surface area contributed by atoms with Crippen molar-refractivity contribution < 1.29 is 18.9 Å². The zero-order valence-electron chi connectivity index (χ0n) is 22.2. The van der Waals surface area contributed by atoms with Crippen LogP contribution in [-0.2, 0) is 27.9 Å². The molecule has 5 fully saturated rings. The van der Waals surface area contributed by atoms with Gasteiger partial charge < -0.3 is 18.9 Å². The fourth-order valence-corrected chi connectivity index (χ4v) is 9.79. The summed E-state index contributed by atoms with van der Waals surface area (Å²) in [6.07, 6.45) is 8.57. The molecule has 5 heteroatoms. The molecule has 7 aliphatic rings. The van der Waals surface area contributed by atoms with Crippen LogP contribution in [0.3, 0.4) is 0 Å². The van der Waals surface area contributed by atoms with Gasteiger partial charge in [0.1, 0.15) is 11.7 Å². The molecule has 2 aliphatic heterocycles. The lowest BCUT2D eigenvalue weighted by Crippen LogP contribution is -2.81. The first-order valence-corrected chi connectivity index (χ1v) is 14.4. The highest BCUT2D eigenvalue weighted by molar-refractivity contribution is 5.63. The maximum atomic E-state index is 7.12. The minimum atomic E-state index is -0.333. The lowest BCUT2D eigenvalue weighted by molar-refractivity contribution is -0.283. The topological polar surface area (TPSA) is 40.2 Å². The van der Waals surface area contributed by atoms with Gasteiger partial charge in [-0.2, -0.15) is 0 Å². The van der Waals surface area contributed by atoms with Crippen molar-refractivity contribution in [2.24, 2.45) is 17.3 Å². The number of benzene rings is 2. The van der Waals surface area contributed by atoms with E-state index in [1.165, 1.54) is 49.0 Å². The van der Waals surface area contributed by atoms with E-state index in [1.807, 2.05) is 7.11 Å². The molecule has 0 radical (unpaired) electrons. The van der Waals surface area contributed by atoms with E-state index in [9.17, 15) is 0 Å². The van der Waals surface area contributed by atoms with Crippen molar-refractivity contribution in [3.8, 4) is 11.5 Å². The number of nitrogens with zero attached hydrogens (tertiary/aromatic N) is 1. The summed E-state index contributed by atoms with van der Waals surface area (Å²) in [5, 5.41) is 0. The highest BCUT2D eigenvalue weighted by Gasteiger charge is 2.80. The van der Waals surface area contributed by atoms with E-state index in [-0.39, 0.29) is 22.5 Å². The Morgan fingerprint density at radius 3 is 2.68 bits per heavy atom. The van der Waals surface area contributed by atoms with E-state index in [0.29, 0.717) is 18.6 Å². The molecule has 6 atom stereocenters. The maximum Gasteiger partial charge on any atom is 0.165 e. The number of rotatable bonds is 8. The molecular weight excluding hydrogens is 462 g/mol. The Kier molecular flexibility index (Phi) is 4.92. The number of ether oxygens (including phenoxy) is 4. The normalized spacial score (nSPS) is 38.8. The first kappa shape index (κ1) is 22.9. The average Bonchev–Trinajstić information content (AvgIpc) is 3.68. The number of fused-ring (bicyclic) bond motifs is 2. The van der Waals surface area contributed by atoms with E-state index in [0.717, 1.165) is 49.7 Å². The molecule has 37 heavy (non-hydrogen) atoms. The third-order valence-electron chi connectivity index (χ3n) is 11.4. The third kappa shape index (κ3) is 2.86. The van der Waals surface area contributed by atoms with Crippen LogP contribution in [-0.4, -0.2) is 56.6 Å². The molecule has 2 heterocycles. The quantitative estimate of drug-likeness (QED) is 0.501. The largest absolute Gasteiger partial charge is 0.493 e. The Morgan fingerprint density at radius 2 is 1.89 bits per heavy atom. The average molecular weight is 502 g/mol. The fraction of sp³-hybridized carbons (Fsp3) is 0.625. The van der Waals surface area contributed by atoms with E-state index >= 15 is 0 Å². The molecule has 2 aromatic rings. The van der Waals surface area contributed by atoms with Crippen molar-refractivity contribution in [2.45, 2.75) is 74.7 Å². The number of piperidine rings is 1. The van der Waals surface area contributed by atoms with Gasteiger partial charge in [-0.25, -0.2) is 0 Å². The summed E-state index contributed by atoms with van der Waals surface area (Å²) >= 11 is 0. The van der Waals surface area contributed by atoms with Crippen LogP contribution < -0.4 is 9.47 Å². The highest BCUT2D eigenvalue weighted by Crippen LogP contribution is 2.76. The molecule has 196 valence electrons. The molecule has 2 aromatic carbocycles. The summed E-state index contributed by atoms with van der Waals surface area (Å²) < 4.78 is 26.1. The Hall–Kier alpha value is -2.08. The molecule has 9 rings (SSSR count). The summed E-state index contributed by atoms with van der Waals surface area (Å²) in [4.78, 5) is 2.90. The van der Waals surface area contributed by atoms with Crippen molar-refractivity contribution in [2.75, 3.05) is 33.9 Å². The van der Waals surface area contributed by atoms with E-state index in [1.54, 1.807) is 7.11 Å². The van der Waals surface area contributed by atoms with Gasteiger partial charge in [0.25, 0.3) is 0 Å². The molecule has 2 spiro atoms. The number of methoxy groups -OCH3 is 2. The molecule has 1 saturated heterocycles. The van der Waals surface area contributed by atoms with Crippen LogP contribution in [0.2, 0.25) is 0 Å². The van der Waals surface area contributed by atoms with E-state index < -0.39 is 0 Å². The molecule has 5 nitrogen and oxygen atoms in total. The molecule has 0 N–H and O–H groups in total. The van der Waals surface area contributed by atoms with Crippen LogP contribution in [0.1, 0.15) is 55.2 Å². The van der Waals surface area contributed by atoms with Crippen molar-refractivity contribution >= 4 is 0 Å². The zero-order chi connectivity index (χ0) is 24.8. The van der Waals surface area contributed by atoms with Crippen molar-refractivity contribution in [3.05, 3.63) is 59.2 Å². The van der Waals surface area contributed by atoms with Gasteiger partial charge in [0.2, 0.25) is 0 Å². The number of hydrogen-bond acceptors (Lipinski definition) is 5. The van der Waals surface area contributed by atoms with Gasteiger partial charge in [-0.15, -0.1) is 0 Å². The maximum absolute atomic E-state index is 7.12. The Morgan fingerprint density at radius 1 is 1.03 bits per heavy atom. The summed E-state index contributed by atoms with van der Waals surface area (Å²) in [7, 11) is 3.70. The molecular formula is C32H39NO4. The Bertz CT molecular complexity index is 1210. The number of hydrogen-bond donors (Lipinski definition) is 0. The highest BCUT2D eigenvalue weighted by atomic mass is 16.6. The van der Waals surface area contributed by atoms with Crippen LogP contribution in [0.15, 0.2) is 42.5 Å². The second-order valence-electron chi connectivity index (χ2n) is 12.7. The molecule has 4 saturated carbocycles. The third-order valence-corrected chi connectivity index (χ3v) is 11.4. The number of likely N-dealkylation sites (tertiary alicyclic amines) is 1. The molecule has 4 bridgehead atoms. The van der Waals surface area contributed by atoms with Crippen molar-refractivity contribution in [1.29, 1.82) is 0 Å². The summed E-state index contributed by atoms with van der Waals surface area (Å²) in [6, 6.07) is 15.6. The van der Waals surface area contributed by atoms with Gasteiger partial charge in [-0.05, 0) is 74.6 Å². The second-order valence-corrected chi connectivity index (χ2v) is 12.7. The summed E-state index contributed by atoms with van der Waals surface area (Å²) in [6.45, 7) is 3.82. The smallest absolute Gasteiger partial charge is 0.165 e. The minimum absolute atomic E-state index is 0.0133. The first-order valence-electron chi connectivity index (χ1n) is 14.4. The van der Waals surface area contributed by atoms with Crippen molar-refractivity contribution in [3.63, 3.8) is 0 Å². The molecule has 0 aromatic heterocycles. The van der Waals surface area contributed by atoms with Gasteiger partial charge in [0.05, 0.1) is 20.3 Å². The summed E-state index contributed by atoms with van der Waals surface area (Å²) in [5.74, 6) is 3.12. The predicted octanol–water partition coefficient (Wildman–Crippen LogP) is 5.14. The predicted molar refractivity (Wildman–Crippen MR) is 141 cm³/mol. The first-order chi connectivity index (χ1) is 18.1. The van der Waals surface area contributed by atoms with Crippen LogP contribution in [0, 0.1) is 17.3 Å². The second kappa shape index (κ2) is 7.97. The van der Waals surface area contributed by atoms with E-state index in [2.05, 4.69) is 47.4 Å². The fourth-order valence-electron chi connectivity index (χ4n) is 9.79. The van der Waals surface area contributed by atoms with Gasteiger partial charge in [0.15, 0.2) is 11.5 Å². The van der Waals surface area contributed by atoms with Crippen LogP contribution >= 0.6 is 0 Å².